The van der Waals surface area contributed by atoms with Crippen molar-refractivity contribution in [1.82, 2.24) is 10.2 Å². The number of fused-ring (bicyclic) bond motifs is 1. The van der Waals surface area contributed by atoms with Crippen LogP contribution in [-0.2, 0) is 4.74 Å². The maximum absolute atomic E-state index is 5.42. The SMILES string of the molecule is CSC1=NN(c2ccccc2)c2cc(N3CCOCC3)nnc2S1. The molecule has 4 rings (SSSR count). The number of rotatable bonds is 2. The molecule has 2 aliphatic rings. The highest BCUT2D eigenvalue weighted by Gasteiger charge is 2.25. The minimum atomic E-state index is 0.727. The Kier molecular flexibility index (Phi) is 4.59. The van der Waals surface area contributed by atoms with Crippen molar-refractivity contribution in [3.05, 3.63) is 36.4 Å². The minimum Gasteiger partial charge on any atom is -0.378 e. The van der Waals surface area contributed by atoms with Gasteiger partial charge in [0.15, 0.2) is 15.2 Å². The fraction of sp³-hybridized carbons (Fsp3) is 0.312. The molecule has 1 aromatic carbocycles. The van der Waals surface area contributed by atoms with E-state index in [2.05, 4.69) is 33.3 Å². The summed E-state index contributed by atoms with van der Waals surface area (Å²) in [7, 11) is 0. The highest BCUT2D eigenvalue weighted by Crippen LogP contribution is 2.41. The predicted octanol–water partition coefficient (Wildman–Crippen LogP) is 3.19. The second-order valence-corrected chi connectivity index (χ2v) is 7.34. The number of hydrogen-bond donors (Lipinski definition) is 0. The molecular weight excluding hydrogens is 342 g/mol. The molecule has 0 unspecified atom stereocenters. The monoisotopic (exact) mass is 359 g/mol. The van der Waals surface area contributed by atoms with Crippen LogP contribution >= 0.6 is 23.5 Å². The average Bonchev–Trinajstić information content (AvgIpc) is 2.68. The number of ether oxygens (including phenoxy) is 1. The number of hydrazone groups is 1. The molecule has 0 spiro atoms. The van der Waals surface area contributed by atoms with Crippen molar-refractivity contribution in [3.63, 3.8) is 0 Å². The van der Waals surface area contributed by atoms with E-state index >= 15 is 0 Å². The van der Waals surface area contributed by atoms with Crippen LogP contribution in [-0.4, -0.2) is 47.1 Å². The van der Waals surface area contributed by atoms with E-state index in [1.165, 1.54) is 0 Å². The maximum atomic E-state index is 5.42. The van der Waals surface area contributed by atoms with E-state index in [0.29, 0.717) is 0 Å². The Labute approximate surface area is 149 Å². The molecule has 0 bridgehead atoms. The van der Waals surface area contributed by atoms with Crippen molar-refractivity contribution in [1.29, 1.82) is 0 Å². The smallest absolute Gasteiger partial charge is 0.157 e. The van der Waals surface area contributed by atoms with Crippen LogP contribution in [0.3, 0.4) is 0 Å². The fourth-order valence-corrected chi connectivity index (χ4v) is 3.97. The molecule has 0 amide bonds. The molecule has 0 saturated carbocycles. The van der Waals surface area contributed by atoms with E-state index in [0.717, 1.165) is 52.9 Å². The Bertz CT molecular complexity index is 749. The zero-order valence-electron chi connectivity index (χ0n) is 13.3. The van der Waals surface area contributed by atoms with Crippen molar-refractivity contribution in [3.8, 4) is 0 Å². The number of aromatic nitrogens is 2. The number of benzene rings is 1. The van der Waals surface area contributed by atoms with E-state index in [1.54, 1.807) is 23.5 Å². The van der Waals surface area contributed by atoms with Gasteiger partial charge in [-0.1, -0.05) is 18.2 Å². The van der Waals surface area contributed by atoms with Gasteiger partial charge < -0.3 is 9.64 Å². The summed E-state index contributed by atoms with van der Waals surface area (Å²) in [6, 6.07) is 12.2. The first-order valence-corrected chi connectivity index (χ1v) is 9.75. The highest BCUT2D eigenvalue weighted by atomic mass is 32.2. The summed E-state index contributed by atoms with van der Waals surface area (Å²) in [5.41, 5.74) is 1.99. The molecule has 1 aromatic heterocycles. The number of morpholine rings is 1. The minimum absolute atomic E-state index is 0.727. The average molecular weight is 359 g/mol. The summed E-state index contributed by atoms with van der Waals surface area (Å²) in [5, 5.41) is 16.5. The zero-order chi connectivity index (χ0) is 16.4. The van der Waals surface area contributed by atoms with Gasteiger partial charge in [-0.2, -0.15) is 5.10 Å². The van der Waals surface area contributed by atoms with Crippen LogP contribution in [0.25, 0.3) is 0 Å². The lowest BCUT2D eigenvalue weighted by Crippen LogP contribution is -2.37. The standard InChI is InChI=1S/C16H17N5OS2/c1-23-16-19-21(12-5-3-2-4-6-12)13-11-14(17-18-15(13)24-16)20-7-9-22-10-8-20/h2-6,11H,7-10H2,1H3. The van der Waals surface area contributed by atoms with E-state index in [1.807, 2.05) is 29.5 Å². The molecule has 0 atom stereocenters. The molecule has 0 radical (unpaired) electrons. The summed E-state index contributed by atoms with van der Waals surface area (Å²) >= 11 is 3.18. The van der Waals surface area contributed by atoms with Crippen molar-refractivity contribution in [2.24, 2.45) is 5.10 Å². The molecule has 2 aliphatic heterocycles. The molecule has 2 aromatic rings. The molecule has 124 valence electrons. The Balaban J connectivity index is 1.74. The molecule has 3 heterocycles. The Morgan fingerprint density at radius 2 is 1.92 bits per heavy atom. The van der Waals surface area contributed by atoms with Crippen LogP contribution in [0.2, 0.25) is 0 Å². The van der Waals surface area contributed by atoms with Gasteiger partial charge in [0.2, 0.25) is 0 Å². The van der Waals surface area contributed by atoms with Gasteiger partial charge in [-0.3, -0.25) is 0 Å². The lowest BCUT2D eigenvalue weighted by Gasteiger charge is -2.30. The van der Waals surface area contributed by atoms with Crippen LogP contribution < -0.4 is 9.91 Å². The Morgan fingerprint density at radius 1 is 1.12 bits per heavy atom. The predicted molar refractivity (Wildman–Crippen MR) is 100 cm³/mol. The second-order valence-electron chi connectivity index (χ2n) is 5.31. The Morgan fingerprint density at radius 3 is 2.67 bits per heavy atom. The molecule has 1 saturated heterocycles. The number of anilines is 3. The summed E-state index contributed by atoms with van der Waals surface area (Å²) in [6.45, 7) is 3.13. The first-order chi connectivity index (χ1) is 11.8. The van der Waals surface area contributed by atoms with Gasteiger partial charge in [0.1, 0.15) is 5.69 Å². The van der Waals surface area contributed by atoms with E-state index in [9.17, 15) is 0 Å². The van der Waals surface area contributed by atoms with Gasteiger partial charge in [0.25, 0.3) is 0 Å². The summed E-state index contributed by atoms with van der Waals surface area (Å²) in [6.07, 6.45) is 2.02. The molecular formula is C16H17N5OS2. The topological polar surface area (TPSA) is 53.9 Å². The van der Waals surface area contributed by atoms with Crippen LogP contribution in [0.5, 0.6) is 0 Å². The second kappa shape index (κ2) is 7.00. The van der Waals surface area contributed by atoms with Gasteiger partial charge >= 0.3 is 0 Å². The van der Waals surface area contributed by atoms with Crippen LogP contribution in [0.4, 0.5) is 17.2 Å². The van der Waals surface area contributed by atoms with Gasteiger partial charge in [-0.25, -0.2) is 5.01 Å². The van der Waals surface area contributed by atoms with E-state index in [4.69, 9.17) is 9.84 Å². The number of thioether (sulfide) groups is 2. The van der Waals surface area contributed by atoms with Crippen LogP contribution in [0.15, 0.2) is 46.5 Å². The normalized spacial score (nSPS) is 17.5. The summed E-state index contributed by atoms with van der Waals surface area (Å²) < 4.78 is 6.38. The third kappa shape index (κ3) is 3.09. The molecule has 6 nitrogen and oxygen atoms in total. The lowest BCUT2D eigenvalue weighted by molar-refractivity contribution is 0.122. The largest absolute Gasteiger partial charge is 0.378 e. The van der Waals surface area contributed by atoms with Crippen molar-refractivity contribution < 1.29 is 4.74 Å². The van der Waals surface area contributed by atoms with Crippen molar-refractivity contribution in [2.45, 2.75) is 5.03 Å². The lowest BCUT2D eigenvalue weighted by atomic mass is 10.3. The molecule has 8 heteroatoms. The van der Waals surface area contributed by atoms with Crippen LogP contribution in [0, 0.1) is 0 Å². The quantitative estimate of drug-likeness (QED) is 0.816. The van der Waals surface area contributed by atoms with E-state index < -0.39 is 0 Å². The first-order valence-electron chi connectivity index (χ1n) is 7.71. The summed E-state index contributed by atoms with van der Waals surface area (Å²) in [4.78, 5) is 2.21. The summed E-state index contributed by atoms with van der Waals surface area (Å²) in [5.74, 6) is 0.876. The fourth-order valence-electron chi connectivity index (χ4n) is 2.62. The van der Waals surface area contributed by atoms with Crippen LogP contribution in [0.1, 0.15) is 0 Å². The van der Waals surface area contributed by atoms with Crippen molar-refractivity contribution >= 4 is 45.1 Å². The molecule has 24 heavy (non-hydrogen) atoms. The number of nitrogens with zero attached hydrogens (tertiary/aromatic N) is 5. The molecule has 0 N–H and O–H groups in total. The molecule has 0 aliphatic carbocycles. The van der Waals surface area contributed by atoms with Gasteiger partial charge in [-0.15, -0.1) is 22.0 Å². The number of para-hydroxylation sites is 1. The van der Waals surface area contributed by atoms with Crippen molar-refractivity contribution in [2.75, 3.05) is 42.5 Å². The van der Waals surface area contributed by atoms with E-state index in [-0.39, 0.29) is 0 Å². The number of hydrogen-bond acceptors (Lipinski definition) is 8. The zero-order valence-corrected chi connectivity index (χ0v) is 14.9. The van der Waals surface area contributed by atoms with Gasteiger partial charge in [-0.05, 0) is 30.2 Å². The maximum Gasteiger partial charge on any atom is 0.157 e. The molecule has 1 fully saturated rings. The highest BCUT2D eigenvalue weighted by molar-refractivity contribution is 8.38. The van der Waals surface area contributed by atoms with Gasteiger partial charge in [0, 0.05) is 19.2 Å². The first kappa shape index (κ1) is 15.7. The third-order valence-electron chi connectivity index (χ3n) is 3.83. The Hall–Kier alpha value is -1.77. The van der Waals surface area contributed by atoms with Gasteiger partial charge in [0.05, 0.1) is 18.9 Å². The third-order valence-corrected chi connectivity index (χ3v) is 5.75.